The smallest absolute Gasteiger partial charge is 0.330 e. The van der Waals surface area contributed by atoms with Crippen molar-refractivity contribution in [2.45, 2.75) is 45.6 Å². The third-order valence-corrected chi connectivity index (χ3v) is 2.72. The molecule has 0 saturated carbocycles. The first-order chi connectivity index (χ1) is 8.20. The Labute approximate surface area is 102 Å². The van der Waals surface area contributed by atoms with Crippen molar-refractivity contribution < 1.29 is 9.90 Å². The SMILES string of the molecule is CC(=CCCCCCCn1ccnc1)C(=O)O. The maximum absolute atomic E-state index is 10.5. The zero-order valence-electron chi connectivity index (χ0n) is 10.3. The lowest BCUT2D eigenvalue weighted by Crippen LogP contribution is -1.96. The highest BCUT2D eigenvalue weighted by atomic mass is 16.4. The third-order valence-electron chi connectivity index (χ3n) is 2.72. The number of imidazole rings is 1. The van der Waals surface area contributed by atoms with Crippen LogP contribution in [0.25, 0.3) is 0 Å². The highest BCUT2D eigenvalue weighted by Crippen LogP contribution is 2.06. The highest BCUT2D eigenvalue weighted by Gasteiger charge is 1.97. The molecule has 0 saturated heterocycles. The molecule has 17 heavy (non-hydrogen) atoms. The van der Waals surface area contributed by atoms with E-state index in [1.807, 2.05) is 12.5 Å². The molecule has 0 bridgehead atoms. The molecule has 4 heteroatoms. The molecule has 0 radical (unpaired) electrons. The van der Waals surface area contributed by atoms with Crippen molar-refractivity contribution in [2.24, 2.45) is 0 Å². The van der Waals surface area contributed by atoms with Gasteiger partial charge in [0.05, 0.1) is 6.33 Å². The van der Waals surface area contributed by atoms with E-state index in [4.69, 9.17) is 5.11 Å². The Morgan fingerprint density at radius 1 is 1.35 bits per heavy atom. The number of nitrogens with zero attached hydrogens (tertiary/aromatic N) is 2. The van der Waals surface area contributed by atoms with Crippen LogP contribution < -0.4 is 0 Å². The van der Waals surface area contributed by atoms with Gasteiger partial charge in [-0.2, -0.15) is 0 Å². The van der Waals surface area contributed by atoms with Gasteiger partial charge in [-0.25, -0.2) is 9.78 Å². The number of aryl methyl sites for hydroxylation is 1. The average Bonchev–Trinajstić information content (AvgIpc) is 2.80. The van der Waals surface area contributed by atoms with Crippen molar-refractivity contribution >= 4 is 5.97 Å². The monoisotopic (exact) mass is 236 g/mol. The Balaban J connectivity index is 1.98. The van der Waals surface area contributed by atoms with Gasteiger partial charge in [-0.3, -0.25) is 0 Å². The molecule has 1 N–H and O–H groups in total. The lowest BCUT2D eigenvalue weighted by atomic mass is 10.1. The van der Waals surface area contributed by atoms with Gasteiger partial charge in [0, 0.05) is 24.5 Å². The van der Waals surface area contributed by atoms with Crippen molar-refractivity contribution in [3.05, 3.63) is 30.4 Å². The Hall–Kier alpha value is -1.58. The van der Waals surface area contributed by atoms with Gasteiger partial charge in [-0.1, -0.05) is 18.9 Å². The van der Waals surface area contributed by atoms with Crippen LogP contribution in [0.5, 0.6) is 0 Å². The van der Waals surface area contributed by atoms with Gasteiger partial charge in [0.15, 0.2) is 0 Å². The summed E-state index contributed by atoms with van der Waals surface area (Å²) in [6.07, 6.45) is 12.8. The van der Waals surface area contributed by atoms with Crippen LogP contribution in [0.2, 0.25) is 0 Å². The lowest BCUT2D eigenvalue weighted by molar-refractivity contribution is -0.132. The number of unbranched alkanes of at least 4 members (excludes halogenated alkanes) is 4. The summed E-state index contributed by atoms with van der Waals surface area (Å²) < 4.78 is 2.08. The molecule has 0 aliphatic rings. The van der Waals surface area contributed by atoms with Crippen molar-refractivity contribution in [3.8, 4) is 0 Å². The molecular formula is C13H20N2O2. The number of carbonyl (C=O) groups is 1. The molecule has 94 valence electrons. The first kappa shape index (κ1) is 13.5. The number of hydrogen-bond acceptors (Lipinski definition) is 2. The summed E-state index contributed by atoms with van der Waals surface area (Å²) in [5.74, 6) is -0.815. The van der Waals surface area contributed by atoms with E-state index in [0.29, 0.717) is 5.57 Å². The van der Waals surface area contributed by atoms with Crippen molar-refractivity contribution in [1.29, 1.82) is 0 Å². The van der Waals surface area contributed by atoms with Crippen LogP contribution in [0.1, 0.15) is 39.0 Å². The third kappa shape index (κ3) is 5.90. The van der Waals surface area contributed by atoms with E-state index < -0.39 is 5.97 Å². The number of allylic oxidation sites excluding steroid dienone is 1. The Bertz CT molecular complexity index is 356. The van der Waals surface area contributed by atoms with E-state index in [0.717, 1.165) is 32.2 Å². The molecule has 1 aromatic rings. The number of aliphatic carboxylic acids is 1. The fourth-order valence-corrected chi connectivity index (χ4v) is 1.62. The van der Waals surface area contributed by atoms with Crippen LogP contribution in [0.4, 0.5) is 0 Å². The molecule has 0 amide bonds. The number of carboxylic acids is 1. The van der Waals surface area contributed by atoms with Gasteiger partial charge in [-0.15, -0.1) is 0 Å². The van der Waals surface area contributed by atoms with Crippen molar-refractivity contribution in [2.75, 3.05) is 0 Å². The predicted molar refractivity (Wildman–Crippen MR) is 66.7 cm³/mol. The van der Waals surface area contributed by atoms with E-state index in [1.54, 1.807) is 19.2 Å². The molecule has 1 rings (SSSR count). The average molecular weight is 236 g/mol. The second-order valence-corrected chi connectivity index (χ2v) is 4.20. The fourth-order valence-electron chi connectivity index (χ4n) is 1.62. The predicted octanol–water partition coefficient (Wildman–Crippen LogP) is 2.86. The molecule has 0 atom stereocenters. The minimum absolute atomic E-state index is 0.448. The minimum atomic E-state index is -0.815. The van der Waals surface area contributed by atoms with E-state index in [-0.39, 0.29) is 0 Å². The maximum Gasteiger partial charge on any atom is 0.330 e. The number of hydrogen-bond donors (Lipinski definition) is 1. The van der Waals surface area contributed by atoms with Gasteiger partial charge in [0.25, 0.3) is 0 Å². The summed E-state index contributed by atoms with van der Waals surface area (Å²) in [7, 11) is 0. The van der Waals surface area contributed by atoms with E-state index in [1.165, 1.54) is 6.42 Å². The summed E-state index contributed by atoms with van der Waals surface area (Å²) in [4.78, 5) is 14.5. The summed E-state index contributed by atoms with van der Waals surface area (Å²) >= 11 is 0. The summed E-state index contributed by atoms with van der Waals surface area (Å²) in [6.45, 7) is 2.66. The molecule has 0 aromatic carbocycles. The molecule has 0 unspecified atom stereocenters. The Morgan fingerprint density at radius 2 is 2.12 bits per heavy atom. The molecule has 0 aliphatic carbocycles. The second kappa shape index (κ2) is 7.65. The van der Waals surface area contributed by atoms with Crippen LogP contribution in [-0.2, 0) is 11.3 Å². The summed E-state index contributed by atoms with van der Waals surface area (Å²) in [5.41, 5.74) is 0.448. The van der Waals surface area contributed by atoms with Crippen LogP contribution in [0.3, 0.4) is 0 Å². The topological polar surface area (TPSA) is 55.1 Å². The lowest BCUT2D eigenvalue weighted by Gasteiger charge is -2.01. The van der Waals surface area contributed by atoms with Gasteiger partial charge in [-0.05, 0) is 26.2 Å². The number of rotatable bonds is 8. The summed E-state index contributed by atoms with van der Waals surface area (Å²) in [6, 6.07) is 0. The maximum atomic E-state index is 10.5. The van der Waals surface area contributed by atoms with Crippen LogP contribution >= 0.6 is 0 Å². The van der Waals surface area contributed by atoms with Gasteiger partial charge < -0.3 is 9.67 Å². The van der Waals surface area contributed by atoms with E-state index in [2.05, 4.69) is 9.55 Å². The largest absolute Gasteiger partial charge is 0.478 e. The standard InChI is InChI=1S/C13H20N2O2/c1-12(13(16)17)7-5-3-2-4-6-9-15-10-8-14-11-15/h7-8,10-11H,2-6,9H2,1H3,(H,16,17). The number of carboxylic acid groups (broad SMARTS) is 1. The van der Waals surface area contributed by atoms with E-state index >= 15 is 0 Å². The molecule has 1 heterocycles. The zero-order chi connectivity index (χ0) is 12.5. The molecule has 0 spiro atoms. The quantitative estimate of drug-likeness (QED) is 0.557. The minimum Gasteiger partial charge on any atom is -0.478 e. The first-order valence-corrected chi connectivity index (χ1v) is 6.06. The van der Waals surface area contributed by atoms with Gasteiger partial charge in [0.1, 0.15) is 0 Å². The first-order valence-electron chi connectivity index (χ1n) is 6.06. The fraction of sp³-hybridized carbons (Fsp3) is 0.538. The summed E-state index contributed by atoms with van der Waals surface area (Å²) in [5, 5.41) is 8.65. The molecular weight excluding hydrogens is 216 g/mol. The van der Waals surface area contributed by atoms with Crippen LogP contribution in [-0.4, -0.2) is 20.6 Å². The normalized spacial score (nSPS) is 11.7. The number of aromatic nitrogens is 2. The Kier molecular flexibility index (Phi) is 6.07. The van der Waals surface area contributed by atoms with Gasteiger partial charge in [0.2, 0.25) is 0 Å². The van der Waals surface area contributed by atoms with Crippen LogP contribution in [0.15, 0.2) is 30.4 Å². The van der Waals surface area contributed by atoms with Crippen molar-refractivity contribution in [3.63, 3.8) is 0 Å². The zero-order valence-corrected chi connectivity index (χ0v) is 10.3. The van der Waals surface area contributed by atoms with Crippen molar-refractivity contribution in [1.82, 2.24) is 9.55 Å². The molecule has 1 aromatic heterocycles. The van der Waals surface area contributed by atoms with Gasteiger partial charge >= 0.3 is 5.97 Å². The highest BCUT2D eigenvalue weighted by molar-refractivity contribution is 5.85. The molecule has 0 aliphatic heterocycles. The second-order valence-electron chi connectivity index (χ2n) is 4.20. The Morgan fingerprint density at radius 3 is 2.76 bits per heavy atom. The van der Waals surface area contributed by atoms with Crippen LogP contribution in [0, 0.1) is 0 Å². The molecule has 0 fully saturated rings. The van der Waals surface area contributed by atoms with E-state index in [9.17, 15) is 4.79 Å². The molecule has 4 nitrogen and oxygen atoms in total.